The average molecular weight is 379 g/mol. The summed E-state index contributed by atoms with van der Waals surface area (Å²) in [4.78, 5) is 33.6. The Balaban J connectivity index is 1.93. The van der Waals surface area contributed by atoms with Crippen LogP contribution in [0.2, 0.25) is 5.02 Å². The van der Waals surface area contributed by atoms with Crippen LogP contribution in [0.3, 0.4) is 0 Å². The summed E-state index contributed by atoms with van der Waals surface area (Å²) in [5, 5.41) is 13.3. The van der Waals surface area contributed by atoms with Crippen LogP contribution in [0.25, 0.3) is 6.08 Å². The van der Waals surface area contributed by atoms with E-state index in [2.05, 4.69) is 5.32 Å². The molecule has 2 rings (SSSR count). The summed E-state index contributed by atoms with van der Waals surface area (Å²) < 4.78 is 18.1. The third kappa shape index (κ3) is 5.38. The summed E-state index contributed by atoms with van der Waals surface area (Å²) in [7, 11) is 0. The van der Waals surface area contributed by atoms with Crippen LogP contribution in [0, 0.1) is 15.9 Å². The number of esters is 1. The van der Waals surface area contributed by atoms with Crippen LogP contribution in [0.4, 0.5) is 15.8 Å². The SMILES string of the molecule is O=C(COC(=O)/C=C/c1ccccc1F)Nc1cc(Cl)ccc1[N+](=O)[O-]. The molecule has 1 amide bonds. The number of amides is 1. The number of nitro benzene ring substituents is 1. The summed E-state index contributed by atoms with van der Waals surface area (Å²) in [5.41, 5.74) is -0.289. The highest BCUT2D eigenvalue weighted by atomic mass is 35.5. The minimum Gasteiger partial charge on any atom is -0.452 e. The lowest BCUT2D eigenvalue weighted by atomic mass is 10.2. The van der Waals surface area contributed by atoms with Gasteiger partial charge in [-0.25, -0.2) is 9.18 Å². The largest absolute Gasteiger partial charge is 0.452 e. The van der Waals surface area contributed by atoms with Crippen LogP contribution in [0.5, 0.6) is 0 Å². The molecule has 0 spiro atoms. The number of carbonyl (C=O) groups excluding carboxylic acids is 2. The highest BCUT2D eigenvalue weighted by Gasteiger charge is 2.16. The number of hydrogen-bond donors (Lipinski definition) is 1. The smallest absolute Gasteiger partial charge is 0.331 e. The van der Waals surface area contributed by atoms with Crippen LogP contribution in [-0.4, -0.2) is 23.4 Å². The molecular formula is C17H12ClFN2O5. The first-order chi connectivity index (χ1) is 12.4. The number of benzene rings is 2. The van der Waals surface area contributed by atoms with E-state index in [1.165, 1.54) is 36.4 Å². The van der Waals surface area contributed by atoms with Crippen LogP contribution in [0.15, 0.2) is 48.5 Å². The second-order valence-corrected chi connectivity index (χ2v) is 5.37. The van der Waals surface area contributed by atoms with E-state index in [0.29, 0.717) is 0 Å². The molecule has 0 unspecified atom stereocenters. The van der Waals surface area contributed by atoms with Gasteiger partial charge in [0.15, 0.2) is 6.61 Å². The fourth-order valence-electron chi connectivity index (χ4n) is 1.91. The Kier molecular flexibility index (Phi) is 6.40. The number of halogens is 2. The Morgan fingerprint density at radius 2 is 2.00 bits per heavy atom. The fraction of sp³-hybridized carbons (Fsp3) is 0.0588. The molecule has 0 aliphatic rings. The van der Waals surface area contributed by atoms with Crippen molar-refractivity contribution in [2.24, 2.45) is 0 Å². The van der Waals surface area contributed by atoms with Gasteiger partial charge in [0.05, 0.1) is 4.92 Å². The van der Waals surface area contributed by atoms with E-state index in [0.717, 1.165) is 12.1 Å². The molecule has 0 aliphatic heterocycles. The molecule has 26 heavy (non-hydrogen) atoms. The molecule has 0 aliphatic carbocycles. The quantitative estimate of drug-likeness (QED) is 0.358. The molecule has 0 saturated carbocycles. The average Bonchev–Trinajstić information content (AvgIpc) is 2.59. The van der Waals surface area contributed by atoms with E-state index in [4.69, 9.17) is 16.3 Å². The van der Waals surface area contributed by atoms with Crippen molar-refractivity contribution in [3.05, 3.63) is 75.1 Å². The van der Waals surface area contributed by atoms with Gasteiger partial charge in [-0.05, 0) is 24.3 Å². The predicted octanol–water partition coefficient (Wildman–Crippen LogP) is 3.58. The van der Waals surface area contributed by atoms with Crippen molar-refractivity contribution in [3.63, 3.8) is 0 Å². The minimum atomic E-state index is -0.871. The molecule has 2 aromatic carbocycles. The molecule has 134 valence electrons. The van der Waals surface area contributed by atoms with E-state index < -0.39 is 29.2 Å². The van der Waals surface area contributed by atoms with Crippen LogP contribution >= 0.6 is 11.6 Å². The molecule has 7 nitrogen and oxygen atoms in total. The summed E-state index contributed by atoms with van der Waals surface area (Å²) >= 11 is 5.75. The summed E-state index contributed by atoms with van der Waals surface area (Å²) in [5.74, 6) is -2.17. The number of nitro groups is 1. The van der Waals surface area contributed by atoms with Crippen molar-refractivity contribution in [1.29, 1.82) is 0 Å². The lowest BCUT2D eigenvalue weighted by Crippen LogP contribution is -2.20. The molecular weight excluding hydrogens is 367 g/mol. The third-order valence-electron chi connectivity index (χ3n) is 3.08. The van der Waals surface area contributed by atoms with Crippen LogP contribution in [0.1, 0.15) is 5.56 Å². The van der Waals surface area contributed by atoms with E-state index >= 15 is 0 Å². The highest BCUT2D eigenvalue weighted by Crippen LogP contribution is 2.27. The molecule has 0 fully saturated rings. The maximum atomic E-state index is 13.4. The molecule has 9 heteroatoms. The van der Waals surface area contributed by atoms with Crippen molar-refractivity contribution in [2.45, 2.75) is 0 Å². The van der Waals surface area contributed by atoms with E-state index in [-0.39, 0.29) is 22.0 Å². The molecule has 0 atom stereocenters. The molecule has 1 N–H and O–H groups in total. The Hall–Kier alpha value is -3.26. The monoisotopic (exact) mass is 378 g/mol. The summed E-state index contributed by atoms with van der Waals surface area (Å²) in [6.45, 7) is -0.676. The number of hydrogen-bond acceptors (Lipinski definition) is 5. The maximum absolute atomic E-state index is 13.4. The Morgan fingerprint density at radius 3 is 2.69 bits per heavy atom. The van der Waals surface area contributed by atoms with Gasteiger partial charge in [-0.3, -0.25) is 14.9 Å². The van der Waals surface area contributed by atoms with Gasteiger partial charge in [-0.2, -0.15) is 0 Å². The Bertz CT molecular complexity index is 885. The maximum Gasteiger partial charge on any atom is 0.331 e. The van der Waals surface area contributed by atoms with Crippen LogP contribution < -0.4 is 5.32 Å². The number of anilines is 1. The lowest BCUT2D eigenvalue weighted by Gasteiger charge is -2.06. The fourth-order valence-corrected chi connectivity index (χ4v) is 2.08. The first-order valence-corrected chi connectivity index (χ1v) is 7.58. The predicted molar refractivity (Wildman–Crippen MR) is 93.1 cm³/mol. The second-order valence-electron chi connectivity index (χ2n) is 4.93. The van der Waals surface area contributed by atoms with Crippen molar-refractivity contribution >= 4 is 40.9 Å². The molecule has 0 saturated heterocycles. The molecule has 2 aromatic rings. The zero-order valence-electron chi connectivity index (χ0n) is 13.1. The molecule has 0 aromatic heterocycles. The summed E-state index contributed by atoms with van der Waals surface area (Å²) in [6.07, 6.45) is 2.17. The molecule has 0 radical (unpaired) electrons. The lowest BCUT2D eigenvalue weighted by molar-refractivity contribution is -0.383. The zero-order valence-corrected chi connectivity index (χ0v) is 13.9. The van der Waals surface area contributed by atoms with Crippen molar-refractivity contribution in [3.8, 4) is 0 Å². The third-order valence-corrected chi connectivity index (χ3v) is 3.31. The summed E-state index contributed by atoms with van der Waals surface area (Å²) in [6, 6.07) is 9.45. The van der Waals surface area contributed by atoms with Gasteiger partial charge in [0.2, 0.25) is 0 Å². The van der Waals surface area contributed by atoms with E-state index in [1.54, 1.807) is 6.07 Å². The van der Waals surface area contributed by atoms with E-state index in [1.807, 2.05) is 0 Å². The first-order valence-electron chi connectivity index (χ1n) is 7.20. The van der Waals surface area contributed by atoms with Crippen molar-refractivity contribution in [1.82, 2.24) is 0 Å². The second kappa shape index (κ2) is 8.72. The zero-order chi connectivity index (χ0) is 19.1. The number of nitrogens with one attached hydrogen (secondary N) is 1. The number of carbonyl (C=O) groups is 2. The minimum absolute atomic E-state index is 0.120. The van der Waals surface area contributed by atoms with Crippen molar-refractivity contribution < 1.29 is 23.6 Å². The Morgan fingerprint density at radius 1 is 1.27 bits per heavy atom. The molecule has 0 heterocycles. The first kappa shape index (κ1) is 19.1. The van der Waals surface area contributed by atoms with Gasteiger partial charge in [0.25, 0.3) is 11.6 Å². The number of rotatable bonds is 6. The number of ether oxygens (including phenoxy) is 1. The van der Waals surface area contributed by atoms with Gasteiger partial charge in [0.1, 0.15) is 11.5 Å². The molecule has 0 bridgehead atoms. The van der Waals surface area contributed by atoms with Crippen molar-refractivity contribution in [2.75, 3.05) is 11.9 Å². The van der Waals surface area contributed by atoms with Gasteiger partial charge in [-0.15, -0.1) is 0 Å². The standard InChI is InChI=1S/C17H12ClFN2O5/c18-12-6-7-15(21(24)25)14(9-12)20-16(22)10-26-17(23)8-5-11-3-1-2-4-13(11)19/h1-9H,10H2,(H,20,22)/b8-5+. The van der Waals surface area contributed by atoms with Crippen LogP contribution in [-0.2, 0) is 14.3 Å². The van der Waals surface area contributed by atoms with Gasteiger partial charge in [-0.1, -0.05) is 29.8 Å². The highest BCUT2D eigenvalue weighted by molar-refractivity contribution is 6.31. The van der Waals surface area contributed by atoms with Gasteiger partial charge < -0.3 is 10.1 Å². The van der Waals surface area contributed by atoms with E-state index in [9.17, 15) is 24.1 Å². The van der Waals surface area contributed by atoms with Gasteiger partial charge >= 0.3 is 5.97 Å². The topological polar surface area (TPSA) is 98.5 Å². The van der Waals surface area contributed by atoms with Gasteiger partial charge in [0, 0.05) is 22.7 Å². The Labute approximate surface area is 152 Å². The normalized spacial score (nSPS) is 10.5. The number of nitrogens with zero attached hydrogens (tertiary/aromatic N) is 1.